The van der Waals surface area contributed by atoms with Crippen LogP contribution < -0.4 is 11.1 Å². The Bertz CT molecular complexity index is 1650. The van der Waals surface area contributed by atoms with Gasteiger partial charge in [0.1, 0.15) is 11.2 Å². The summed E-state index contributed by atoms with van der Waals surface area (Å²) < 4.78 is 0. The monoisotopic (exact) mass is 496 g/mol. The van der Waals surface area contributed by atoms with Gasteiger partial charge in [-0.15, -0.1) is 0 Å². The van der Waals surface area contributed by atoms with Crippen molar-refractivity contribution in [1.29, 1.82) is 0 Å². The number of primary amides is 1. The number of piperidine rings is 1. The zero-order valence-electron chi connectivity index (χ0n) is 20.0. The Morgan fingerprint density at radius 3 is 2.65 bits per heavy atom. The van der Waals surface area contributed by atoms with E-state index in [-0.39, 0.29) is 17.4 Å². The van der Waals surface area contributed by atoms with Gasteiger partial charge >= 0.3 is 0 Å². The first kappa shape index (κ1) is 22.7. The molecular weight excluding hydrogens is 472 g/mol. The van der Waals surface area contributed by atoms with Crippen molar-refractivity contribution in [3.63, 3.8) is 0 Å². The number of carbonyl (C=O) groups excluding carboxylic acids is 2. The molecule has 0 unspecified atom stereocenters. The van der Waals surface area contributed by atoms with Crippen LogP contribution in [-0.4, -0.2) is 72.0 Å². The van der Waals surface area contributed by atoms with Crippen LogP contribution in [0.5, 0.6) is 0 Å². The summed E-state index contributed by atoms with van der Waals surface area (Å²) in [6, 6.07) is 3.82. The van der Waals surface area contributed by atoms with Crippen LogP contribution in [-0.2, 0) is 4.79 Å². The molecule has 37 heavy (non-hydrogen) atoms. The second-order valence-electron chi connectivity index (χ2n) is 9.25. The number of rotatable bonds is 5. The van der Waals surface area contributed by atoms with Crippen LogP contribution >= 0.6 is 0 Å². The van der Waals surface area contributed by atoms with Crippen LogP contribution in [0.1, 0.15) is 23.2 Å². The third-order valence-electron chi connectivity index (χ3n) is 6.73. The lowest BCUT2D eigenvalue weighted by molar-refractivity contribution is -0.121. The summed E-state index contributed by atoms with van der Waals surface area (Å²) in [4.78, 5) is 47.4. The zero-order chi connectivity index (χ0) is 25.5. The minimum Gasteiger partial charge on any atom is -0.365 e. The summed E-state index contributed by atoms with van der Waals surface area (Å²) in [6.07, 6.45) is 9.74. The van der Waals surface area contributed by atoms with Gasteiger partial charge in [0.15, 0.2) is 11.5 Å². The molecule has 5 aromatic heterocycles. The Balaban J connectivity index is 1.31. The molecule has 1 fully saturated rings. The average Bonchev–Trinajstić information content (AvgIpc) is 3.52. The molecule has 2 amide bonds. The van der Waals surface area contributed by atoms with Crippen LogP contribution in [0.25, 0.3) is 44.7 Å². The molecule has 0 bridgehead atoms. The molecule has 1 aliphatic heterocycles. The van der Waals surface area contributed by atoms with Gasteiger partial charge < -0.3 is 20.9 Å². The van der Waals surface area contributed by atoms with Gasteiger partial charge in [-0.2, -0.15) is 5.10 Å². The molecule has 1 saturated heterocycles. The van der Waals surface area contributed by atoms with Gasteiger partial charge in [0.05, 0.1) is 34.5 Å². The number of fused-ring (bicyclic) bond motifs is 2. The highest BCUT2D eigenvalue weighted by atomic mass is 16.2. The molecular formula is C25H24N10O2. The van der Waals surface area contributed by atoms with Gasteiger partial charge in [-0.3, -0.25) is 24.7 Å². The van der Waals surface area contributed by atoms with E-state index >= 15 is 0 Å². The molecule has 5 N–H and O–H groups in total. The van der Waals surface area contributed by atoms with E-state index in [1.54, 1.807) is 24.8 Å². The number of hydrogen-bond donors (Lipinski definition) is 4. The van der Waals surface area contributed by atoms with Crippen molar-refractivity contribution >= 4 is 39.6 Å². The fourth-order valence-electron chi connectivity index (χ4n) is 4.65. The minimum absolute atomic E-state index is 0.000418. The molecule has 0 aromatic carbocycles. The highest BCUT2D eigenvalue weighted by molar-refractivity contribution is 6.04. The van der Waals surface area contributed by atoms with Crippen LogP contribution in [0.4, 0.5) is 5.69 Å². The smallest absolute Gasteiger partial charge is 0.252 e. The molecule has 6 rings (SSSR count). The summed E-state index contributed by atoms with van der Waals surface area (Å²) >= 11 is 0. The predicted octanol–water partition coefficient (Wildman–Crippen LogP) is 2.34. The Labute approximate surface area is 210 Å². The number of nitrogens with one attached hydrogen (secondary N) is 3. The molecule has 0 atom stereocenters. The Morgan fingerprint density at radius 2 is 1.84 bits per heavy atom. The zero-order valence-corrected chi connectivity index (χ0v) is 20.0. The van der Waals surface area contributed by atoms with Gasteiger partial charge in [-0.05, 0) is 45.1 Å². The van der Waals surface area contributed by atoms with E-state index in [0.717, 1.165) is 42.4 Å². The number of imidazole rings is 1. The number of likely N-dealkylation sites (tertiary alicyclic amines) is 1. The molecule has 1 aliphatic rings. The van der Waals surface area contributed by atoms with E-state index < -0.39 is 5.91 Å². The number of anilines is 1. The average molecular weight is 497 g/mol. The first-order chi connectivity index (χ1) is 18.0. The van der Waals surface area contributed by atoms with Crippen molar-refractivity contribution in [2.45, 2.75) is 12.8 Å². The summed E-state index contributed by atoms with van der Waals surface area (Å²) in [5, 5.41) is 11.1. The third kappa shape index (κ3) is 4.27. The van der Waals surface area contributed by atoms with Gasteiger partial charge in [-0.1, -0.05) is 0 Å². The molecule has 0 radical (unpaired) electrons. The highest BCUT2D eigenvalue weighted by Crippen LogP contribution is 2.30. The molecule has 186 valence electrons. The minimum atomic E-state index is -0.609. The highest BCUT2D eigenvalue weighted by Gasteiger charge is 2.23. The predicted molar refractivity (Wildman–Crippen MR) is 137 cm³/mol. The van der Waals surface area contributed by atoms with E-state index in [2.05, 4.69) is 52.4 Å². The van der Waals surface area contributed by atoms with E-state index in [1.165, 1.54) is 6.20 Å². The van der Waals surface area contributed by atoms with Crippen LogP contribution in [0.15, 0.2) is 43.1 Å². The first-order valence-electron chi connectivity index (χ1n) is 11.9. The summed E-state index contributed by atoms with van der Waals surface area (Å²) in [6.45, 7) is 1.83. The maximum absolute atomic E-state index is 12.8. The number of carbonyl (C=O) groups is 2. The lowest BCUT2D eigenvalue weighted by Crippen LogP contribution is -2.35. The normalized spacial score (nSPS) is 14.8. The van der Waals surface area contributed by atoms with Crippen molar-refractivity contribution in [2.24, 2.45) is 11.7 Å². The maximum atomic E-state index is 12.8. The van der Waals surface area contributed by atoms with Crippen molar-refractivity contribution in [1.82, 2.24) is 40.0 Å². The number of amides is 2. The van der Waals surface area contributed by atoms with Gasteiger partial charge in [-0.25, -0.2) is 9.97 Å². The molecule has 0 saturated carbocycles. The molecule has 0 spiro atoms. The van der Waals surface area contributed by atoms with E-state index in [9.17, 15) is 9.59 Å². The molecule has 12 nitrogen and oxygen atoms in total. The van der Waals surface area contributed by atoms with Crippen LogP contribution in [0, 0.1) is 5.92 Å². The van der Waals surface area contributed by atoms with Gasteiger partial charge in [0.25, 0.3) is 5.91 Å². The SMILES string of the molecule is CN1CCC(C(=O)Nc2cncc(-c3cnc4[nH]nc(-c5nc6c(C(N)=O)cncc6[nH]5)c4c3)c2)CC1. The second-order valence-corrected chi connectivity index (χ2v) is 9.25. The maximum Gasteiger partial charge on any atom is 0.252 e. The van der Waals surface area contributed by atoms with Gasteiger partial charge in [0, 0.05) is 35.6 Å². The van der Waals surface area contributed by atoms with Crippen molar-refractivity contribution in [3.05, 3.63) is 48.7 Å². The molecule has 12 heteroatoms. The van der Waals surface area contributed by atoms with Crippen molar-refractivity contribution in [3.8, 4) is 22.6 Å². The molecule has 0 aliphatic carbocycles. The van der Waals surface area contributed by atoms with Crippen molar-refractivity contribution < 1.29 is 9.59 Å². The number of aromatic amines is 2. The van der Waals surface area contributed by atoms with Crippen molar-refractivity contribution in [2.75, 3.05) is 25.5 Å². The number of nitrogens with two attached hydrogens (primary N) is 1. The van der Waals surface area contributed by atoms with E-state index in [0.29, 0.717) is 33.9 Å². The van der Waals surface area contributed by atoms with Gasteiger partial charge in [0.2, 0.25) is 5.91 Å². The quantitative estimate of drug-likeness (QED) is 0.287. The Hall–Kier alpha value is -4.71. The number of pyridine rings is 3. The topological polar surface area (TPSA) is 171 Å². The van der Waals surface area contributed by atoms with E-state index in [1.807, 2.05) is 12.1 Å². The fourth-order valence-corrected chi connectivity index (χ4v) is 4.65. The summed E-state index contributed by atoms with van der Waals surface area (Å²) in [5.74, 6) is -0.136. The molecule has 6 heterocycles. The first-order valence-corrected chi connectivity index (χ1v) is 11.9. The number of hydrogen-bond acceptors (Lipinski definition) is 8. The Morgan fingerprint density at radius 1 is 1.05 bits per heavy atom. The largest absolute Gasteiger partial charge is 0.365 e. The molecule has 5 aromatic rings. The lowest BCUT2D eigenvalue weighted by atomic mass is 9.96. The van der Waals surface area contributed by atoms with E-state index in [4.69, 9.17) is 5.73 Å². The lowest BCUT2D eigenvalue weighted by Gasteiger charge is -2.28. The summed E-state index contributed by atoms with van der Waals surface area (Å²) in [7, 11) is 2.07. The van der Waals surface area contributed by atoms with Crippen LogP contribution in [0.2, 0.25) is 0 Å². The number of H-pyrrole nitrogens is 2. The summed E-state index contributed by atoms with van der Waals surface area (Å²) in [5.41, 5.74) is 10.0. The fraction of sp³-hybridized carbons (Fsp3) is 0.240. The Kier molecular flexibility index (Phi) is 5.57. The van der Waals surface area contributed by atoms with Crippen LogP contribution in [0.3, 0.4) is 0 Å². The second kappa shape index (κ2) is 9.06. The third-order valence-corrected chi connectivity index (χ3v) is 6.73. The number of nitrogens with zero attached hydrogens (tertiary/aromatic N) is 6. The number of aromatic nitrogens is 7. The standard InChI is InChI=1S/C25H24N10O2/c1-35-4-2-13(3-5-35)25(37)30-16-6-14(8-27-10-16)15-7-17-21(33-34-23(17)29-9-15)24-31-19-12-28-11-18(22(26)36)20(19)32-24/h6-13H,2-5H2,1H3,(H2,26,36)(H,30,37)(H,31,32)(H,29,33,34).